The highest BCUT2D eigenvalue weighted by atomic mass is 79.9. The molecule has 0 aliphatic rings. The van der Waals surface area contributed by atoms with Crippen molar-refractivity contribution in [2.75, 3.05) is 0 Å². The summed E-state index contributed by atoms with van der Waals surface area (Å²) in [6.45, 7) is 0. The number of benzene rings is 4. The maximum atomic E-state index is 11.6. The van der Waals surface area contributed by atoms with Gasteiger partial charge in [-0.1, -0.05) is 101 Å². The lowest BCUT2D eigenvalue weighted by molar-refractivity contribution is 0.112. The summed E-state index contributed by atoms with van der Waals surface area (Å²) >= 11 is 3.69. The van der Waals surface area contributed by atoms with Gasteiger partial charge in [-0.3, -0.25) is 4.79 Å². The van der Waals surface area contributed by atoms with Gasteiger partial charge in [0.2, 0.25) is 0 Å². The first kappa shape index (κ1) is 17.4. The number of carbonyl (C=O) groups is 1. The second kappa shape index (κ2) is 7.73. The molecule has 4 rings (SSSR count). The summed E-state index contributed by atoms with van der Waals surface area (Å²) in [5.41, 5.74) is 7.21. The molecule has 0 unspecified atom stereocenters. The van der Waals surface area contributed by atoms with Crippen molar-refractivity contribution in [1.29, 1.82) is 0 Å². The van der Waals surface area contributed by atoms with Crippen LogP contribution in [0.4, 0.5) is 0 Å². The van der Waals surface area contributed by atoms with Crippen molar-refractivity contribution in [3.05, 3.63) is 107 Å². The van der Waals surface area contributed by atoms with Crippen molar-refractivity contribution in [2.24, 2.45) is 0 Å². The summed E-state index contributed by atoms with van der Waals surface area (Å²) in [6.07, 6.45) is 0.916. The van der Waals surface area contributed by atoms with E-state index in [2.05, 4.69) is 58.4 Å². The van der Waals surface area contributed by atoms with Crippen LogP contribution in [0.15, 0.2) is 102 Å². The molecule has 0 spiro atoms. The van der Waals surface area contributed by atoms with E-state index in [1.807, 2.05) is 54.6 Å². The van der Waals surface area contributed by atoms with Crippen LogP contribution in [0.5, 0.6) is 0 Å². The molecule has 0 atom stereocenters. The van der Waals surface area contributed by atoms with Gasteiger partial charge >= 0.3 is 0 Å². The molecule has 0 saturated heterocycles. The van der Waals surface area contributed by atoms with Crippen molar-refractivity contribution >= 4 is 22.2 Å². The summed E-state index contributed by atoms with van der Waals surface area (Å²) in [5.74, 6) is 0. The fourth-order valence-corrected chi connectivity index (χ4v) is 3.94. The molecule has 2 heteroatoms. The first-order valence-electron chi connectivity index (χ1n) is 8.77. The zero-order valence-corrected chi connectivity index (χ0v) is 16.2. The van der Waals surface area contributed by atoms with Gasteiger partial charge in [0.1, 0.15) is 0 Å². The summed E-state index contributed by atoms with van der Waals surface area (Å²) in [5, 5.41) is 0. The molecule has 4 aromatic carbocycles. The molecule has 130 valence electrons. The zero-order valence-electron chi connectivity index (χ0n) is 14.6. The molecule has 0 radical (unpaired) electrons. The van der Waals surface area contributed by atoms with Gasteiger partial charge in [0.25, 0.3) is 0 Å². The van der Waals surface area contributed by atoms with Gasteiger partial charge in [0.05, 0.1) is 0 Å². The van der Waals surface area contributed by atoms with Gasteiger partial charge < -0.3 is 0 Å². The minimum atomic E-state index is 0.685. The highest BCUT2D eigenvalue weighted by Crippen LogP contribution is 2.39. The van der Waals surface area contributed by atoms with Crippen LogP contribution in [0.3, 0.4) is 0 Å². The average molecular weight is 413 g/mol. The van der Waals surface area contributed by atoms with Gasteiger partial charge in [-0.05, 0) is 39.9 Å². The minimum absolute atomic E-state index is 0.685. The lowest BCUT2D eigenvalue weighted by Crippen LogP contribution is -1.92. The molecule has 0 saturated carbocycles. The van der Waals surface area contributed by atoms with E-state index in [1.54, 1.807) is 0 Å². The molecule has 0 aromatic heterocycles. The van der Waals surface area contributed by atoms with Crippen molar-refractivity contribution in [1.82, 2.24) is 0 Å². The Kier molecular flexibility index (Phi) is 4.99. The van der Waals surface area contributed by atoms with Gasteiger partial charge in [0, 0.05) is 15.6 Å². The maximum Gasteiger partial charge on any atom is 0.150 e. The number of aldehydes is 1. The SMILES string of the molecule is O=Cc1ccccc1-c1c(Br)cccc1-c1cccc(-c2ccccc2)c1. The largest absolute Gasteiger partial charge is 0.298 e. The first-order chi connectivity index (χ1) is 13.3. The Balaban J connectivity index is 1.92. The number of rotatable bonds is 4. The highest BCUT2D eigenvalue weighted by Gasteiger charge is 2.14. The van der Waals surface area contributed by atoms with Crippen LogP contribution in [-0.2, 0) is 0 Å². The van der Waals surface area contributed by atoms with E-state index in [0.29, 0.717) is 5.56 Å². The predicted molar refractivity (Wildman–Crippen MR) is 116 cm³/mol. The number of carbonyl (C=O) groups excluding carboxylic acids is 1. The number of hydrogen-bond donors (Lipinski definition) is 0. The van der Waals surface area contributed by atoms with Crippen molar-refractivity contribution in [3.63, 3.8) is 0 Å². The van der Waals surface area contributed by atoms with Crippen LogP contribution in [0.2, 0.25) is 0 Å². The molecule has 0 aliphatic heterocycles. The van der Waals surface area contributed by atoms with Crippen molar-refractivity contribution in [2.45, 2.75) is 0 Å². The molecule has 0 amide bonds. The monoisotopic (exact) mass is 412 g/mol. The molecule has 0 bridgehead atoms. The third kappa shape index (κ3) is 3.49. The van der Waals surface area contributed by atoms with E-state index in [0.717, 1.165) is 33.0 Å². The molecule has 0 fully saturated rings. The van der Waals surface area contributed by atoms with E-state index in [1.165, 1.54) is 11.1 Å². The minimum Gasteiger partial charge on any atom is -0.298 e. The predicted octanol–water partition coefficient (Wildman–Crippen LogP) is 7.26. The Morgan fingerprint density at radius 2 is 1.22 bits per heavy atom. The average Bonchev–Trinajstić information content (AvgIpc) is 2.74. The zero-order chi connectivity index (χ0) is 18.6. The second-order valence-corrected chi connectivity index (χ2v) is 7.17. The Hall–Kier alpha value is -2.97. The smallest absolute Gasteiger partial charge is 0.150 e. The lowest BCUT2D eigenvalue weighted by Gasteiger charge is -2.15. The topological polar surface area (TPSA) is 17.1 Å². The maximum absolute atomic E-state index is 11.6. The number of halogens is 1. The van der Waals surface area contributed by atoms with Crippen LogP contribution < -0.4 is 0 Å². The Labute approximate surface area is 167 Å². The normalized spacial score (nSPS) is 10.6. The molecular weight excluding hydrogens is 396 g/mol. The van der Waals surface area contributed by atoms with Crippen LogP contribution in [0.1, 0.15) is 10.4 Å². The summed E-state index contributed by atoms with van der Waals surface area (Å²) in [6, 6.07) is 32.7. The summed E-state index contributed by atoms with van der Waals surface area (Å²) in [4.78, 5) is 11.6. The first-order valence-corrected chi connectivity index (χ1v) is 9.56. The summed E-state index contributed by atoms with van der Waals surface area (Å²) in [7, 11) is 0. The van der Waals surface area contributed by atoms with E-state index >= 15 is 0 Å². The Bertz CT molecular complexity index is 1100. The Morgan fingerprint density at radius 1 is 0.593 bits per heavy atom. The standard InChI is InChI=1S/C25H17BrO/c26-24-15-7-14-22(25(24)23-13-5-4-10-21(23)17-27)20-12-6-11-19(16-20)18-8-2-1-3-9-18/h1-17H. The fourth-order valence-electron chi connectivity index (χ4n) is 3.36. The molecule has 0 N–H and O–H groups in total. The third-order valence-corrected chi connectivity index (χ3v) is 5.31. The third-order valence-electron chi connectivity index (χ3n) is 4.65. The van der Waals surface area contributed by atoms with Gasteiger partial charge in [-0.2, -0.15) is 0 Å². The second-order valence-electron chi connectivity index (χ2n) is 6.31. The van der Waals surface area contributed by atoms with E-state index < -0.39 is 0 Å². The van der Waals surface area contributed by atoms with Gasteiger partial charge in [-0.25, -0.2) is 0 Å². The summed E-state index contributed by atoms with van der Waals surface area (Å²) < 4.78 is 0.972. The molecule has 0 heterocycles. The van der Waals surface area contributed by atoms with Crippen LogP contribution in [0, 0.1) is 0 Å². The molecule has 0 aliphatic carbocycles. The lowest BCUT2D eigenvalue weighted by atomic mass is 9.91. The van der Waals surface area contributed by atoms with Crippen molar-refractivity contribution < 1.29 is 4.79 Å². The Morgan fingerprint density at radius 3 is 2.04 bits per heavy atom. The fraction of sp³-hybridized carbons (Fsp3) is 0. The van der Waals surface area contributed by atoms with Crippen LogP contribution in [-0.4, -0.2) is 6.29 Å². The highest BCUT2D eigenvalue weighted by molar-refractivity contribution is 9.10. The van der Waals surface area contributed by atoms with Gasteiger partial charge in [-0.15, -0.1) is 0 Å². The molecule has 27 heavy (non-hydrogen) atoms. The molecule has 1 nitrogen and oxygen atoms in total. The van der Waals surface area contributed by atoms with Gasteiger partial charge in [0.15, 0.2) is 6.29 Å². The van der Waals surface area contributed by atoms with E-state index in [9.17, 15) is 4.79 Å². The molecular formula is C25H17BrO. The van der Waals surface area contributed by atoms with Crippen LogP contribution >= 0.6 is 15.9 Å². The number of hydrogen-bond acceptors (Lipinski definition) is 1. The quantitative estimate of drug-likeness (QED) is 0.322. The van der Waals surface area contributed by atoms with Crippen LogP contribution in [0.25, 0.3) is 33.4 Å². The van der Waals surface area contributed by atoms with E-state index in [4.69, 9.17) is 0 Å². The van der Waals surface area contributed by atoms with E-state index in [-0.39, 0.29) is 0 Å². The van der Waals surface area contributed by atoms with Crippen molar-refractivity contribution in [3.8, 4) is 33.4 Å². The molecule has 4 aromatic rings.